The van der Waals surface area contributed by atoms with Crippen molar-refractivity contribution >= 4 is 28.9 Å². The van der Waals surface area contributed by atoms with Gasteiger partial charge in [-0.25, -0.2) is 4.39 Å². The molecule has 2 heterocycles. The van der Waals surface area contributed by atoms with Gasteiger partial charge in [0.25, 0.3) is 5.56 Å². The Morgan fingerprint density at radius 1 is 1.12 bits per heavy atom. The summed E-state index contributed by atoms with van der Waals surface area (Å²) in [4.78, 5) is 12.9. The van der Waals surface area contributed by atoms with Gasteiger partial charge in [-0.3, -0.25) is 9.36 Å². The van der Waals surface area contributed by atoms with Crippen LogP contribution in [-0.4, -0.2) is 19.4 Å². The molecule has 0 radical (unpaired) electrons. The average molecular weight is 387 g/mol. The number of benzene rings is 2. The molecule has 0 aliphatic rings. The molecular weight excluding hydrogens is 375 g/mol. The Morgan fingerprint density at radius 2 is 1.92 bits per heavy atom. The number of hydrogen-bond donors (Lipinski definition) is 0. The minimum atomic E-state index is -0.298. The van der Waals surface area contributed by atoms with E-state index >= 15 is 0 Å². The van der Waals surface area contributed by atoms with Crippen LogP contribution in [0, 0.1) is 5.82 Å². The lowest BCUT2D eigenvalue weighted by molar-refractivity contribution is 0.626. The highest BCUT2D eigenvalue weighted by molar-refractivity contribution is 7.98. The average Bonchev–Trinajstić information content (AvgIpc) is 3.10. The van der Waals surface area contributed by atoms with Gasteiger partial charge in [-0.2, -0.15) is 5.10 Å². The molecular formula is C18H12ClFN4OS. The van der Waals surface area contributed by atoms with Crippen LogP contribution < -0.4 is 5.56 Å². The van der Waals surface area contributed by atoms with E-state index in [1.165, 1.54) is 39.3 Å². The first-order valence-corrected chi connectivity index (χ1v) is 9.08. The van der Waals surface area contributed by atoms with Crippen LogP contribution >= 0.6 is 23.4 Å². The van der Waals surface area contributed by atoms with Crippen molar-refractivity contribution in [3.63, 3.8) is 0 Å². The first-order chi connectivity index (χ1) is 12.6. The summed E-state index contributed by atoms with van der Waals surface area (Å²) < 4.78 is 16.2. The highest BCUT2D eigenvalue weighted by Gasteiger charge is 2.14. The van der Waals surface area contributed by atoms with Gasteiger partial charge in [0.15, 0.2) is 10.7 Å². The van der Waals surface area contributed by atoms with Crippen molar-refractivity contribution in [2.24, 2.45) is 0 Å². The van der Waals surface area contributed by atoms with Crippen molar-refractivity contribution < 1.29 is 4.39 Å². The molecule has 0 N–H and O–H groups in total. The molecule has 0 saturated heterocycles. The summed E-state index contributed by atoms with van der Waals surface area (Å²) in [6.07, 6.45) is 1.52. The van der Waals surface area contributed by atoms with E-state index in [0.717, 1.165) is 5.56 Å². The Bertz CT molecular complexity index is 1140. The third-order valence-corrected chi connectivity index (χ3v) is 5.01. The third kappa shape index (κ3) is 3.23. The maximum absolute atomic E-state index is 13.4. The van der Waals surface area contributed by atoms with Crippen LogP contribution in [0.15, 0.2) is 70.7 Å². The first kappa shape index (κ1) is 16.8. The maximum Gasteiger partial charge on any atom is 0.285 e. The molecule has 0 fully saturated rings. The zero-order valence-corrected chi connectivity index (χ0v) is 14.9. The molecule has 0 bridgehead atoms. The number of halogens is 2. The van der Waals surface area contributed by atoms with Crippen molar-refractivity contribution in [3.05, 3.63) is 87.6 Å². The van der Waals surface area contributed by atoms with E-state index in [1.807, 2.05) is 6.07 Å². The minimum Gasteiger partial charge on any atom is -0.266 e. The van der Waals surface area contributed by atoms with Crippen molar-refractivity contribution in [1.29, 1.82) is 0 Å². The van der Waals surface area contributed by atoms with Crippen molar-refractivity contribution in [1.82, 2.24) is 19.4 Å². The smallest absolute Gasteiger partial charge is 0.266 e. The molecule has 2 aromatic heterocycles. The summed E-state index contributed by atoms with van der Waals surface area (Å²) in [7, 11) is 0. The molecule has 0 unspecified atom stereocenters. The van der Waals surface area contributed by atoms with Gasteiger partial charge in [-0.05, 0) is 48.0 Å². The van der Waals surface area contributed by atoms with Crippen molar-refractivity contribution in [2.75, 3.05) is 0 Å². The van der Waals surface area contributed by atoms with Crippen LogP contribution in [0.2, 0.25) is 5.02 Å². The summed E-state index contributed by atoms with van der Waals surface area (Å²) in [6.45, 7) is 0. The van der Waals surface area contributed by atoms with Crippen LogP contribution in [0.25, 0.3) is 11.2 Å². The number of fused-ring (bicyclic) bond motifs is 1. The molecule has 0 amide bonds. The van der Waals surface area contributed by atoms with Crippen molar-refractivity contribution in [3.8, 4) is 5.69 Å². The van der Waals surface area contributed by atoms with Gasteiger partial charge in [0.2, 0.25) is 0 Å². The number of rotatable bonds is 4. The number of thioether (sulfide) groups is 1. The molecule has 26 heavy (non-hydrogen) atoms. The van der Waals surface area contributed by atoms with Crippen LogP contribution in [0.1, 0.15) is 5.56 Å². The molecule has 130 valence electrons. The van der Waals surface area contributed by atoms with Gasteiger partial charge in [0.1, 0.15) is 5.82 Å². The van der Waals surface area contributed by atoms with Crippen LogP contribution in [0.3, 0.4) is 0 Å². The Balaban J connectivity index is 1.80. The molecule has 4 rings (SSSR count). The van der Waals surface area contributed by atoms with Crippen LogP contribution in [0.5, 0.6) is 0 Å². The molecule has 4 aromatic rings. The fourth-order valence-corrected chi connectivity index (χ4v) is 3.60. The zero-order valence-electron chi connectivity index (χ0n) is 13.3. The van der Waals surface area contributed by atoms with Crippen molar-refractivity contribution in [2.45, 2.75) is 10.9 Å². The monoisotopic (exact) mass is 386 g/mol. The lowest BCUT2D eigenvalue weighted by atomic mass is 10.2. The van der Waals surface area contributed by atoms with E-state index in [-0.39, 0.29) is 11.4 Å². The van der Waals surface area contributed by atoms with Gasteiger partial charge in [-0.1, -0.05) is 35.5 Å². The van der Waals surface area contributed by atoms with Crippen LogP contribution in [-0.2, 0) is 5.75 Å². The second kappa shape index (κ2) is 6.93. The SMILES string of the molecule is O=c1c2ccnn2nc(SCc2cccc(F)c2)n1-c1ccc(Cl)cc1. The minimum absolute atomic E-state index is 0.235. The molecule has 0 saturated carbocycles. The topological polar surface area (TPSA) is 52.2 Å². The highest BCUT2D eigenvalue weighted by atomic mass is 35.5. The predicted molar refractivity (Wildman–Crippen MR) is 99.6 cm³/mol. The molecule has 0 atom stereocenters. The Labute approximate surface area is 157 Å². The molecule has 0 spiro atoms. The zero-order chi connectivity index (χ0) is 18.1. The molecule has 2 aromatic carbocycles. The van der Waals surface area contributed by atoms with E-state index in [1.54, 1.807) is 36.4 Å². The van der Waals surface area contributed by atoms with E-state index in [2.05, 4.69) is 10.2 Å². The maximum atomic E-state index is 13.4. The molecule has 0 aliphatic carbocycles. The summed E-state index contributed by atoms with van der Waals surface area (Å²) in [5, 5.41) is 9.53. The van der Waals surface area contributed by atoms with Gasteiger partial charge >= 0.3 is 0 Å². The summed E-state index contributed by atoms with van der Waals surface area (Å²) >= 11 is 7.29. The lowest BCUT2D eigenvalue weighted by Crippen LogP contribution is -2.24. The van der Waals surface area contributed by atoms with E-state index < -0.39 is 0 Å². The number of nitrogens with zero attached hydrogens (tertiary/aromatic N) is 4. The Hall–Kier alpha value is -2.64. The van der Waals surface area contributed by atoms with E-state index in [9.17, 15) is 9.18 Å². The highest BCUT2D eigenvalue weighted by Crippen LogP contribution is 2.23. The third-order valence-electron chi connectivity index (χ3n) is 3.76. The molecule has 5 nitrogen and oxygen atoms in total. The standard InChI is InChI=1S/C18H12ClFN4OS/c19-13-4-6-15(7-5-13)23-17(25)16-8-9-21-24(16)22-18(23)26-11-12-2-1-3-14(20)10-12/h1-10H,11H2. The fraction of sp³-hybridized carbons (Fsp3) is 0.0556. The van der Waals surface area contributed by atoms with Gasteiger partial charge in [-0.15, -0.1) is 9.73 Å². The number of aromatic nitrogens is 4. The first-order valence-electron chi connectivity index (χ1n) is 7.72. The molecule has 0 aliphatic heterocycles. The summed E-state index contributed by atoms with van der Waals surface area (Å²) in [6, 6.07) is 14.9. The summed E-state index contributed by atoms with van der Waals surface area (Å²) in [5.41, 5.74) is 1.58. The largest absolute Gasteiger partial charge is 0.285 e. The quantitative estimate of drug-likeness (QED) is 0.498. The molecule has 8 heteroatoms. The lowest BCUT2D eigenvalue weighted by Gasteiger charge is -2.12. The number of hydrogen-bond acceptors (Lipinski definition) is 4. The van der Waals surface area contributed by atoms with E-state index in [4.69, 9.17) is 11.6 Å². The predicted octanol–water partition coefficient (Wildman–Crippen LogP) is 3.97. The Morgan fingerprint density at radius 3 is 2.69 bits per heavy atom. The Kier molecular flexibility index (Phi) is 4.48. The normalized spacial score (nSPS) is 11.2. The second-order valence-corrected chi connectivity index (χ2v) is 6.90. The van der Waals surface area contributed by atoms with E-state index in [0.29, 0.717) is 27.1 Å². The second-order valence-electron chi connectivity index (χ2n) is 5.52. The van der Waals surface area contributed by atoms with Crippen LogP contribution in [0.4, 0.5) is 4.39 Å². The van der Waals surface area contributed by atoms with Gasteiger partial charge in [0.05, 0.1) is 11.9 Å². The fourth-order valence-electron chi connectivity index (χ4n) is 2.55. The van der Waals surface area contributed by atoms with Gasteiger partial charge < -0.3 is 0 Å². The summed E-state index contributed by atoms with van der Waals surface area (Å²) in [5.74, 6) is 0.165. The van der Waals surface area contributed by atoms with Gasteiger partial charge in [0, 0.05) is 10.8 Å².